The Morgan fingerprint density at radius 3 is 2.82 bits per heavy atom. The molecule has 0 atom stereocenters. The Balaban J connectivity index is 1.95. The predicted octanol–water partition coefficient (Wildman–Crippen LogP) is 4.02. The average Bonchev–Trinajstić information content (AvgIpc) is 2.98. The molecule has 22 heavy (non-hydrogen) atoms. The van der Waals surface area contributed by atoms with Crippen LogP contribution in [0.15, 0.2) is 34.8 Å². The summed E-state index contributed by atoms with van der Waals surface area (Å²) in [5.74, 6) is 0.477. The molecule has 0 spiro atoms. The summed E-state index contributed by atoms with van der Waals surface area (Å²) in [6, 6.07) is 9.00. The summed E-state index contributed by atoms with van der Waals surface area (Å²) >= 11 is 4.51. The van der Waals surface area contributed by atoms with E-state index in [-0.39, 0.29) is 5.91 Å². The molecule has 0 unspecified atom stereocenters. The third-order valence-electron chi connectivity index (χ3n) is 3.29. The smallest absolute Gasteiger partial charge is 0.255 e. The lowest BCUT2D eigenvalue weighted by Crippen LogP contribution is -2.13. The highest BCUT2D eigenvalue weighted by atomic mass is 79.9. The lowest BCUT2D eigenvalue weighted by molar-refractivity contribution is 0.102. The summed E-state index contributed by atoms with van der Waals surface area (Å²) < 4.78 is 14.3. The average molecular weight is 378 g/mol. The van der Waals surface area contributed by atoms with Gasteiger partial charge < -0.3 is 10.1 Å². The number of rotatable bonds is 3. The summed E-state index contributed by atoms with van der Waals surface area (Å²) in [7, 11) is 1.58. The van der Waals surface area contributed by atoms with Crippen molar-refractivity contribution in [3.8, 4) is 5.75 Å². The molecule has 0 saturated carbocycles. The molecule has 0 aliphatic carbocycles. The van der Waals surface area contributed by atoms with E-state index in [9.17, 15) is 4.79 Å². The fraction of sp³-hybridized carbons (Fsp3) is 0.133. The Hall–Kier alpha value is -1.99. The number of hydrogen-bond acceptors (Lipinski definition) is 5. The second-order valence-corrected chi connectivity index (χ2v) is 6.08. The molecule has 0 radical (unpaired) electrons. The summed E-state index contributed by atoms with van der Waals surface area (Å²) in [6.07, 6.45) is 0. The Kier molecular flexibility index (Phi) is 4.08. The summed E-state index contributed by atoms with van der Waals surface area (Å²) in [6.45, 7) is 1.93. The van der Waals surface area contributed by atoms with Crippen molar-refractivity contribution >= 4 is 50.3 Å². The van der Waals surface area contributed by atoms with Gasteiger partial charge in [0.1, 0.15) is 16.8 Å². The van der Waals surface area contributed by atoms with E-state index in [0.717, 1.165) is 27.3 Å². The van der Waals surface area contributed by atoms with Crippen molar-refractivity contribution in [1.29, 1.82) is 0 Å². The second-order valence-electron chi connectivity index (χ2n) is 4.69. The molecule has 5 nitrogen and oxygen atoms in total. The highest BCUT2D eigenvalue weighted by Gasteiger charge is 2.14. The fourth-order valence-electron chi connectivity index (χ4n) is 2.10. The van der Waals surface area contributed by atoms with Crippen molar-refractivity contribution < 1.29 is 9.53 Å². The van der Waals surface area contributed by atoms with Crippen LogP contribution in [0.2, 0.25) is 0 Å². The molecule has 2 aromatic carbocycles. The maximum absolute atomic E-state index is 12.5. The first-order valence-electron chi connectivity index (χ1n) is 6.47. The van der Waals surface area contributed by atoms with Crippen LogP contribution in [-0.4, -0.2) is 21.8 Å². The summed E-state index contributed by atoms with van der Waals surface area (Å²) in [5, 5.41) is 2.92. The molecule has 112 valence electrons. The highest BCUT2D eigenvalue weighted by molar-refractivity contribution is 9.10. The van der Waals surface area contributed by atoms with Gasteiger partial charge in [-0.1, -0.05) is 6.07 Å². The molecule has 0 fully saturated rings. The third kappa shape index (κ3) is 2.69. The van der Waals surface area contributed by atoms with Gasteiger partial charge in [0.15, 0.2) is 0 Å². The SMILES string of the molecule is COc1ccc(C(=O)Nc2c(C)ccc3nsnc23)cc1Br. The zero-order valence-electron chi connectivity index (χ0n) is 11.9. The largest absolute Gasteiger partial charge is 0.496 e. The number of halogens is 1. The standard InChI is InChI=1S/C15H12BrN3O2S/c1-8-3-5-11-14(19-22-18-11)13(8)17-15(20)9-4-6-12(21-2)10(16)7-9/h3-7H,1-2H3,(H,17,20). The van der Waals surface area contributed by atoms with Gasteiger partial charge in [0.25, 0.3) is 5.91 Å². The van der Waals surface area contributed by atoms with E-state index in [1.165, 1.54) is 0 Å². The molecule has 7 heteroatoms. The number of anilines is 1. The molecule has 1 heterocycles. The van der Waals surface area contributed by atoms with Crippen molar-refractivity contribution in [2.75, 3.05) is 12.4 Å². The number of ether oxygens (including phenoxy) is 1. The number of nitrogens with zero attached hydrogens (tertiary/aromatic N) is 2. The van der Waals surface area contributed by atoms with Crippen LogP contribution < -0.4 is 10.1 Å². The van der Waals surface area contributed by atoms with Gasteiger partial charge in [-0.05, 0) is 52.7 Å². The van der Waals surface area contributed by atoms with Crippen LogP contribution in [0.4, 0.5) is 5.69 Å². The van der Waals surface area contributed by atoms with Crippen molar-refractivity contribution in [2.45, 2.75) is 6.92 Å². The van der Waals surface area contributed by atoms with Crippen LogP contribution in [0.25, 0.3) is 11.0 Å². The molecule has 0 aliphatic heterocycles. The molecule has 3 aromatic rings. The van der Waals surface area contributed by atoms with Crippen LogP contribution in [0.3, 0.4) is 0 Å². The first-order valence-corrected chi connectivity index (χ1v) is 7.99. The second kappa shape index (κ2) is 6.02. The van der Waals surface area contributed by atoms with E-state index in [0.29, 0.717) is 22.5 Å². The van der Waals surface area contributed by atoms with Gasteiger partial charge in [-0.3, -0.25) is 4.79 Å². The Labute approximate surface area is 139 Å². The van der Waals surface area contributed by atoms with Gasteiger partial charge in [0.05, 0.1) is 29.0 Å². The molecule has 0 bridgehead atoms. The first kappa shape index (κ1) is 14.9. The maximum atomic E-state index is 12.5. The molecule has 1 amide bonds. The van der Waals surface area contributed by atoms with Gasteiger partial charge in [-0.2, -0.15) is 8.75 Å². The Morgan fingerprint density at radius 2 is 2.09 bits per heavy atom. The van der Waals surface area contributed by atoms with E-state index < -0.39 is 0 Å². The van der Waals surface area contributed by atoms with Crippen molar-refractivity contribution in [3.05, 3.63) is 45.9 Å². The van der Waals surface area contributed by atoms with Crippen LogP contribution >= 0.6 is 27.7 Å². The topological polar surface area (TPSA) is 64.1 Å². The van der Waals surface area contributed by atoms with E-state index >= 15 is 0 Å². The monoisotopic (exact) mass is 377 g/mol. The molecule has 0 saturated heterocycles. The van der Waals surface area contributed by atoms with Crippen molar-refractivity contribution in [2.24, 2.45) is 0 Å². The van der Waals surface area contributed by atoms with Crippen molar-refractivity contribution in [1.82, 2.24) is 8.75 Å². The quantitative estimate of drug-likeness (QED) is 0.748. The van der Waals surface area contributed by atoms with Crippen LogP contribution in [-0.2, 0) is 0 Å². The number of carbonyl (C=O) groups excluding carboxylic acids is 1. The number of hydrogen-bond donors (Lipinski definition) is 1. The molecule has 3 rings (SSSR count). The number of aryl methyl sites for hydroxylation is 1. The third-order valence-corrected chi connectivity index (χ3v) is 4.45. The van der Waals surface area contributed by atoms with Gasteiger partial charge in [-0.25, -0.2) is 0 Å². The van der Waals surface area contributed by atoms with Crippen LogP contribution in [0, 0.1) is 6.92 Å². The lowest BCUT2D eigenvalue weighted by Gasteiger charge is -2.10. The minimum atomic E-state index is -0.202. The number of benzene rings is 2. The first-order chi connectivity index (χ1) is 10.6. The normalized spacial score (nSPS) is 10.7. The molecular weight excluding hydrogens is 366 g/mol. The maximum Gasteiger partial charge on any atom is 0.255 e. The number of methoxy groups -OCH3 is 1. The zero-order chi connectivity index (χ0) is 15.7. The molecule has 1 aromatic heterocycles. The van der Waals surface area contributed by atoms with Crippen molar-refractivity contribution in [3.63, 3.8) is 0 Å². The van der Waals surface area contributed by atoms with Crippen LogP contribution in [0.5, 0.6) is 5.75 Å². The minimum absolute atomic E-state index is 0.202. The number of amides is 1. The van der Waals surface area contributed by atoms with Gasteiger partial charge in [-0.15, -0.1) is 0 Å². The molecule has 1 N–H and O–H groups in total. The van der Waals surface area contributed by atoms with E-state index in [1.807, 2.05) is 19.1 Å². The van der Waals surface area contributed by atoms with E-state index in [2.05, 4.69) is 30.0 Å². The number of fused-ring (bicyclic) bond motifs is 1. The van der Waals surface area contributed by atoms with Gasteiger partial charge in [0, 0.05) is 5.56 Å². The summed E-state index contributed by atoms with van der Waals surface area (Å²) in [5.41, 5.74) is 3.67. The van der Waals surface area contributed by atoms with E-state index in [1.54, 1.807) is 25.3 Å². The number of nitrogens with one attached hydrogen (secondary N) is 1. The minimum Gasteiger partial charge on any atom is -0.496 e. The fourth-order valence-corrected chi connectivity index (χ4v) is 3.19. The Morgan fingerprint density at radius 1 is 1.27 bits per heavy atom. The summed E-state index contributed by atoms with van der Waals surface area (Å²) in [4.78, 5) is 12.5. The van der Waals surface area contributed by atoms with Gasteiger partial charge >= 0.3 is 0 Å². The molecular formula is C15H12BrN3O2S. The molecule has 0 aliphatic rings. The van der Waals surface area contributed by atoms with E-state index in [4.69, 9.17) is 4.74 Å². The number of carbonyl (C=O) groups is 1. The highest BCUT2D eigenvalue weighted by Crippen LogP contribution is 2.28. The Bertz CT molecular complexity index is 863. The lowest BCUT2D eigenvalue weighted by atomic mass is 10.1. The van der Waals surface area contributed by atoms with Gasteiger partial charge in [0.2, 0.25) is 0 Å². The van der Waals surface area contributed by atoms with Crippen LogP contribution in [0.1, 0.15) is 15.9 Å². The predicted molar refractivity (Wildman–Crippen MR) is 90.8 cm³/mol. The number of aromatic nitrogens is 2. The zero-order valence-corrected chi connectivity index (χ0v) is 14.3.